The zero-order chi connectivity index (χ0) is 26.7. The number of carbonyl (C=O) groups is 4. The van der Waals surface area contributed by atoms with Crippen LogP contribution in [0.4, 0.5) is 11.4 Å². The minimum atomic E-state index is -0.580. The molecule has 1 saturated heterocycles. The van der Waals surface area contributed by atoms with Crippen molar-refractivity contribution in [1.82, 2.24) is 10.6 Å². The molecule has 1 aliphatic carbocycles. The lowest BCUT2D eigenvalue weighted by molar-refractivity contribution is -0.153. The molecule has 3 aliphatic rings. The number of allylic oxidation sites excluding steroid dienone is 3. The molecule has 4 N–H and O–H groups in total. The molecule has 0 bridgehead atoms. The van der Waals surface area contributed by atoms with Gasteiger partial charge in [-0.1, -0.05) is 12.2 Å². The van der Waals surface area contributed by atoms with E-state index < -0.39 is 17.5 Å². The summed E-state index contributed by atoms with van der Waals surface area (Å²) in [6.45, 7) is 5.23. The molecule has 2 amide bonds. The van der Waals surface area contributed by atoms with Crippen LogP contribution in [0.25, 0.3) is 6.08 Å². The zero-order valence-corrected chi connectivity index (χ0v) is 21.2. The fourth-order valence-electron chi connectivity index (χ4n) is 4.29. The maximum Gasteiger partial charge on any atom is 0.337 e. The van der Waals surface area contributed by atoms with Crippen LogP contribution in [-0.4, -0.2) is 49.6 Å². The van der Waals surface area contributed by atoms with Gasteiger partial charge in [-0.05, 0) is 57.5 Å². The van der Waals surface area contributed by atoms with Crippen LogP contribution in [-0.2, 0) is 28.7 Å². The average molecular weight is 507 g/mol. The van der Waals surface area contributed by atoms with Gasteiger partial charge in [0.05, 0.1) is 25.8 Å². The standard InChI is InChI=1S/C27H30N4O6/c1-27(2,3)37-23(33)14-28-13-22(32)29-17-7-10-19-15(11-17)6-9-20(30-19)24-18-8-5-16(26(35)36-4)12-21(18)31-25(24)34/h5-7,9-12,18,28,30H,8,13-14H2,1-4H3,(H,29,32)(H,31,34)/b24-20-. The van der Waals surface area contributed by atoms with Gasteiger partial charge in [-0.3, -0.25) is 19.7 Å². The first-order valence-electron chi connectivity index (χ1n) is 11.9. The first-order chi connectivity index (χ1) is 17.5. The Hall–Kier alpha value is -4.18. The predicted molar refractivity (Wildman–Crippen MR) is 138 cm³/mol. The molecule has 1 unspecified atom stereocenters. The molecule has 0 radical (unpaired) electrons. The van der Waals surface area contributed by atoms with Crippen LogP contribution in [0.5, 0.6) is 0 Å². The summed E-state index contributed by atoms with van der Waals surface area (Å²) in [4.78, 5) is 48.6. The number of anilines is 2. The van der Waals surface area contributed by atoms with Gasteiger partial charge < -0.3 is 25.4 Å². The zero-order valence-electron chi connectivity index (χ0n) is 21.2. The minimum absolute atomic E-state index is 0.0425. The van der Waals surface area contributed by atoms with E-state index >= 15 is 0 Å². The van der Waals surface area contributed by atoms with Gasteiger partial charge in [-0.15, -0.1) is 0 Å². The fourth-order valence-corrected chi connectivity index (χ4v) is 4.29. The van der Waals surface area contributed by atoms with Gasteiger partial charge in [0.15, 0.2) is 0 Å². The highest BCUT2D eigenvalue weighted by Gasteiger charge is 2.37. The van der Waals surface area contributed by atoms with Gasteiger partial charge in [0.2, 0.25) is 5.91 Å². The van der Waals surface area contributed by atoms with Gasteiger partial charge in [0, 0.05) is 39.8 Å². The number of hydrogen-bond acceptors (Lipinski definition) is 8. The number of fused-ring (bicyclic) bond motifs is 2. The molecule has 10 nitrogen and oxygen atoms in total. The first kappa shape index (κ1) is 25.9. The van der Waals surface area contributed by atoms with E-state index in [4.69, 9.17) is 9.47 Å². The second-order valence-corrected chi connectivity index (χ2v) is 9.82. The number of methoxy groups -OCH3 is 1. The van der Waals surface area contributed by atoms with Crippen LogP contribution >= 0.6 is 0 Å². The maximum absolute atomic E-state index is 12.8. The Balaban J connectivity index is 1.38. The minimum Gasteiger partial charge on any atom is -0.465 e. The van der Waals surface area contributed by atoms with E-state index in [2.05, 4.69) is 21.3 Å². The second-order valence-electron chi connectivity index (χ2n) is 9.82. The van der Waals surface area contributed by atoms with Crippen LogP contribution in [0, 0.1) is 5.92 Å². The van der Waals surface area contributed by atoms with Gasteiger partial charge >= 0.3 is 11.9 Å². The number of esters is 2. The van der Waals surface area contributed by atoms with Crippen molar-refractivity contribution in [3.8, 4) is 0 Å². The van der Waals surface area contributed by atoms with Crippen LogP contribution in [0.15, 0.2) is 59.0 Å². The Bertz CT molecular complexity index is 1280. The highest BCUT2D eigenvalue weighted by Crippen LogP contribution is 2.38. The molecule has 4 rings (SSSR count). The molecule has 2 heterocycles. The van der Waals surface area contributed by atoms with Gasteiger partial charge in [0.25, 0.3) is 5.91 Å². The summed E-state index contributed by atoms with van der Waals surface area (Å²) in [5, 5.41) is 11.7. The van der Waals surface area contributed by atoms with E-state index in [9.17, 15) is 19.2 Å². The van der Waals surface area contributed by atoms with Gasteiger partial charge in [-0.25, -0.2) is 4.79 Å². The number of ether oxygens (including phenoxy) is 2. The number of rotatable bonds is 6. The van der Waals surface area contributed by atoms with E-state index in [0.29, 0.717) is 34.6 Å². The van der Waals surface area contributed by atoms with E-state index in [0.717, 1.165) is 11.3 Å². The molecule has 37 heavy (non-hydrogen) atoms. The van der Waals surface area contributed by atoms with E-state index in [1.807, 2.05) is 24.3 Å². The van der Waals surface area contributed by atoms with Gasteiger partial charge in [-0.2, -0.15) is 0 Å². The molecule has 1 atom stereocenters. The van der Waals surface area contributed by atoms with Crippen LogP contribution < -0.4 is 21.3 Å². The predicted octanol–water partition coefficient (Wildman–Crippen LogP) is 2.38. The molecular formula is C27H30N4O6. The van der Waals surface area contributed by atoms with Crippen LogP contribution in [0.2, 0.25) is 0 Å². The number of hydrogen-bond donors (Lipinski definition) is 4. The van der Waals surface area contributed by atoms with E-state index in [1.54, 1.807) is 39.0 Å². The highest BCUT2D eigenvalue weighted by molar-refractivity contribution is 6.03. The van der Waals surface area contributed by atoms with Crippen LogP contribution in [0.1, 0.15) is 32.8 Å². The SMILES string of the molecule is COC(=O)C1=CCC2C(=C1)NC(=O)/C2=C1/C=Cc2cc(NC(=O)CNCC(=O)OC(C)(C)C)ccc2N1. The fraction of sp³-hybridized carbons (Fsp3) is 0.333. The largest absolute Gasteiger partial charge is 0.465 e. The molecule has 10 heteroatoms. The van der Waals surface area contributed by atoms with Crippen molar-refractivity contribution in [2.24, 2.45) is 5.92 Å². The van der Waals surface area contributed by atoms with Gasteiger partial charge in [0.1, 0.15) is 5.60 Å². The number of nitrogens with one attached hydrogen (secondary N) is 4. The smallest absolute Gasteiger partial charge is 0.337 e. The molecule has 1 fully saturated rings. The molecule has 0 spiro atoms. The van der Waals surface area contributed by atoms with E-state index in [1.165, 1.54) is 7.11 Å². The summed E-state index contributed by atoms with van der Waals surface area (Å²) in [6.07, 6.45) is 7.64. The lowest BCUT2D eigenvalue weighted by atomic mass is 9.88. The highest BCUT2D eigenvalue weighted by atomic mass is 16.6. The molecule has 0 saturated carbocycles. The summed E-state index contributed by atoms with van der Waals surface area (Å²) in [7, 11) is 1.32. The summed E-state index contributed by atoms with van der Waals surface area (Å²) in [5.74, 6) is -1.55. The Morgan fingerprint density at radius 2 is 1.89 bits per heavy atom. The molecule has 1 aromatic rings. The third kappa shape index (κ3) is 6.15. The second kappa shape index (κ2) is 10.4. The third-order valence-electron chi connectivity index (χ3n) is 5.83. The van der Waals surface area contributed by atoms with Crippen molar-refractivity contribution in [2.75, 3.05) is 30.8 Å². The quantitative estimate of drug-likeness (QED) is 0.341. The normalized spacial score (nSPS) is 20.0. The Labute approximate surface area is 214 Å². The first-order valence-corrected chi connectivity index (χ1v) is 11.9. The van der Waals surface area contributed by atoms with Crippen molar-refractivity contribution in [3.05, 3.63) is 64.5 Å². The third-order valence-corrected chi connectivity index (χ3v) is 5.83. The topological polar surface area (TPSA) is 135 Å². The van der Waals surface area contributed by atoms with Crippen molar-refractivity contribution >= 4 is 41.2 Å². The molecule has 1 aromatic carbocycles. The van der Waals surface area contributed by atoms with Crippen molar-refractivity contribution in [1.29, 1.82) is 0 Å². The lowest BCUT2D eigenvalue weighted by Gasteiger charge is -2.21. The molecule has 194 valence electrons. The number of carbonyl (C=O) groups excluding carboxylic acids is 4. The Kier molecular flexibility index (Phi) is 7.30. The molecule has 2 aliphatic heterocycles. The monoisotopic (exact) mass is 506 g/mol. The van der Waals surface area contributed by atoms with Crippen molar-refractivity contribution < 1.29 is 28.7 Å². The summed E-state index contributed by atoms with van der Waals surface area (Å²) >= 11 is 0. The van der Waals surface area contributed by atoms with Crippen molar-refractivity contribution in [3.63, 3.8) is 0 Å². The molecular weight excluding hydrogens is 476 g/mol. The summed E-state index contributed by atoms with van der Waals surface area (Å²) in [6, 6.07) is 5.39. The number of benzene rings is 1. The Morgan fingerprint density at radius 1 is 1.11 bits per heavy atom. The average Bonchev–Trinajstić information content (AvgIpc) is 3.16. The Morgan fingerprint density at radius 3 is 2.62 bits per heavy atom. The maximum atomic E-state index is 12.8. The van der Waals surface area contributed by atoms with Crippen LogP contribution in [0.3, 0.4) is 0 Å². The van der Waals surface area contributed by atoms with E-state index in [-0.39, 0.29) is 30.8 Å². The summed E-state index contributed by atoms with van der Waals surface area (Å²) < 4.78 is 9.98. The number of amides is 2. The van der Waals surface area contributed by atoms with Crippen molar-refractivity contribution in [2.45, 2.75) is 32.8 Å². The lowest BCUT2D eigenvalue weighted by Crippen LogP contribution is -2.35. The summed E-state index contributed by atoms with van der Waals surface area (Å²) in [5.41, 5.74) is 4.03. The molecule has 0 aromatic heterocycles.